The molecule has 0 bridgehead atoms. The van der Waals surface area contributed by atoms with Gasteiger partial charge in [0.2, 0.25) is 0 Å². The van der Waals surface area contributed by atoms with Gasteiger partial charge in [-0.05, 0) is 36.5 Å². The first kappa shape index (κ1) is 21.7. The van der Waals surface area contributed by atoms with Crippen molar-refractivity contribution in [2.75, 3.05) is 20.8 Å². The molecule has 0 saturated heterocycles. The van der Waals surface area contributed by atoms with Gasteiger partial charge in [0.25, 0.3) is 0 Å². The lowest BCUT2D eigenvalue weighted by molar-refractivity contribution is -0.138. The Morgan fingerprint density at radius 1 is 1.23 bits per heavy atom. The zero-order valence-electron chi connectivity index (χ0n) is 18.3. The second kappa shape index (κ2) is 8.38. The molecule has 0 saturated carbocycles. The smallest absolute Gasteiger partial charge is 0.337 e. The van der Waals surface area contributed by atoms with E-state index in [9.17, 15) is 9.59 Å². The van der Waals surface area contributed by atoms with Gasteiger partial charge in [0, 0.05) is 29.3 Å². The first-order valence-corrected chi connectivity index (χ1v) is 9.96. The molecule has 1 N–H and O–H groups in total. The van der Waals surface area contributed by atoms with Gasteiger partial charge in [-0.15, -0.1) is 0 Å². The number of Topliss-reactive ketones (excluding diaryl/α,β-unsaturated/α-hetero) is 1. The molecule has 1 aromatic rings. The molecule has 6 nitrogen and oxygen atoms in total. The van der Waals surface area contributed by atoms with Crippen molar-refractivity contribution in [3.05, 3.63) is 59.0 Å². The number of nitrogens with one attached hydrogen (secondary N) is 1. The lowest BCUT2D eigenvalue weighted by Crippen LogP contribution is -2.38. The highest BCUT2D eigenvalue weighted by atomic mass is 16.5. The minimum atomic E-state index is -0.540. The minimum Gasteiger partial charge on any atom is -0.493 e. The number of rotatable bonds is 6. The van der Waals surface area contributed by atoms with E-state index in [4.69, 9.17) is 14.2 Å². The van der Waals surface area contributed by atoms with Crippen LogP contribution in [0.4, 0.5) is 0 Å². The molecule has 0 spiro atoms. The normalized spacial score (nSPS) is 20.3. The number of allylic oxidation sites excluding steroid dienone is 3. The Bertz CT molecular complexity index is 954. The second-order valence-corrected chi connectivity index (χ2v) is 8.43. The van der Waals surface area contributed by atoms with Crippen LogP contribution in [0.15, 0.2) is 53.4 Å². The lowest BCUT2D eigenvalue weighted by Gasteiger charge is -2.39. The van der Waals surface area contributed by atoms with Crippen molar-refractivity contribution in [3.63, 3.8) is 0 Å². The van der Waals surface area contributed by atoms with Crippen LogP contribution in [0.2, 0.25) is 0 Å². The van der Waals surface area contributed by atoms with Gasteiger partial charge < -0.3 is 19.5 Å². The van der Waals surface area contributed by atoms with Crippen molar-refractivity contribution in [2.45, 2.75) is 39.5 Å². The number of hydrogen-bond acceptors (Lipinski definition) is 6. The van der Waals surface area contributed by atoms with E-state index in [-0.39, 0.29) is 17.8 Å². The fraction of sp³-hybridized carbons (Fsp3) is 0.417. The van der Waals surface area contributed by atoms with Crippen LogP contribution < -0.4 is 14.8 Å². The summed E-state index contributed by atoms with van der Waals surface area (Å²) in [5.41, 5.74) is 3.24. The van der Waals surface area contributed by atoms with Gasteiger partial charge in [-0.2, -0.15) is 0 Å². The summed E-state index contributed by atoms with van der Waals surface area (Å²) in [5, 5.41) is 3.32. The summed E-state index contributed by atoms with van der Waals surface area (Å²) in [7, 11) is 3.13. The van der Waals surface area contributed by atoms with Crippen molar-refractivity contribution in [3.8, 4) is 11.5 Å². The molecule has 1 heterocycles. The topological polar surface area (TPSA) is 73.9 Å². The maximum absolute atomic E-state index is 13.2. The Morgan fingerprint density at radius 2 is 1.93 bits per heavy atom. The number of benzene rings is 1. The lowest BCUT2D eigenvalue weighted by atomic mass is 9.68. The van der Waals surface area contributed by atoms with Gasteiger partial charge in [0.05, 0.1) is 19.8 Å². The van der Waals surface area contributed by atoms with Crippen molar-refractivity contribution in [1.82, 2.24) is 5.32 Å². The SMILES string of the molecule is C=CCOC(=O)C1=C(C)NC2=C(C(=O)CC(C)(C)C2)C1c1ccc(OC)c(OC)c1. The number of hydrogen-bond donors (Lipinski definition) is 1. The van der Waals surface area contributed by atoms with Crippen LogP contribution in [-0.4, -0.2) is 32.6 Å². The fourth-order valence-electron chi connectivity index (χ4n) is 4.28. The third-order valence-electron chi connectivity index (χ3n) is 5.53. The second-order valence-electron chi connectivity index (χ2n) is 8.43. The first-order chi connectivity index (χ1) is 14.2. The van der Waals surface area contributed by atoms with Gasteiger partial charge in [-0.3, -0.25) is 4.79 Å². The summed E-state index contributed by atoms with van der Waals surface area (Å²) < 4.78 is 16.2. The molecular weight excluding hydrogens is 382 g/mol. The van der Waals surface area contributed by atoms with Crippen molar-refractivity contribution < 1.29 is 23.8 Å². The highest BCUT2D eigenvalue weighted by Gasteiger charge is 2.43. The van der Waals surface area contributed by atoms with Crippen molar-refractivity contribution in [2.24, 2.45) is 5.41 Å². The van der Waals surface area contributed by atoms with E-state index in [2.05, 4.69) is 25.7 Å². The highest BCUT2D eigenvalue weighted by Crippen LogP contribution is 2.47. The summed E-state index contributed by atoms with van der Waals surface area (Å²) in [4.78, 5) is 26.2. The van der Waals surface area contributed by atoms with Crippen LogP contribution in [0.1, 0.15) is 45.1 Å². The summed E-state index contributed by atoms with van der Waals surface area (Å²) in [6.45, 7) is 9.70. The van der Waals surface area contributed by atoms with Gasteiger partial charge >= 0.3 is 5.97 Å². The van der Waals surface area contributed by atoms with Gasteiger partial charge in [0.1, 0.15) is 6.61 Å². The molecule has 1 aromatic carbocycles. The third-order valence-corrected chi connectivity index (χ3v) is 5.53. The molecule has 1 aliphatic heterocycles. The van der Waals surface area contributed by atoms with Crippen LogP contribution in [0.3, 0.4) is 0 Å². The molecule has 160 valence electrons. The number of esters is 1. The Morgan fingerprint density at radius 3 is 2.57 bits per heavy atom. The fourth-order valence-corrected chi connectivity index (χ4v) is 4.28. The standard InChI is InChI=1S/C24H29NO5/c1-7-10-30-23(27)20-14(2)25-16-12-24(3,4)13-17(26)22(16)21(20)15-8-9-18(28-5)19(11-15)29-6/h7-9,11,21,25H,1,10,12-13H2,2-6H3. The first-order valence-electron chi connectivity index (χ1n) is 9.96. The largest absolute Gasteiger partial charge is 0.493 e. The van der Waals surface area contributed by atoms with Crippen molar-refractivity contribution >= 4 is 11.8 Å². The number of methoxy groups -OCH3 is 2. The van der Waals surface area contributed by atoms with Crippen LogP contribution in [0.5, 0.6) is 11.5 Å². The molecule has 30 heavy (non-hydrogen) atoms. The number of dihydropyridines is 1. The molecule has 0 aromatic heterocycles. The Balaban J connectivity index is 2.18. The number of carbonyl (C=O) groups is 2. The van der Waals surface area contributed by atoms with Crippen LogP contribution in [-0.2, 0) is 14.3 Å². The minimum absolute atomic E-state index is 0.0371. The molecule has 1 aliphatic carbocycles. The molecule has 0 amide bonds. The third kappa shape index (κ3) is 3.99. The number of carbonyl (C=O) groups excluding carboxylic acids is 2. The predicted octanol–water partition coefficient (Wildman–Crippen LogP) is 4.04. The van der Waals surface area contributed by atoms with Crippen LogP contribution in [0.25, 0.3) is 0 Å². The average molecular weight is 411 g/mol. The predicted molar refractivity (Wildman–Crippen MR) is 114 cm³/mol. The molecular formula is C24H29NO5. The Labute approximate surface area is 177 Å². The molecule has 1 atom stereocenters. The van der Waals surface area contributed by atoms with E-state index < -0.39 is 11.9 Å². The van der Waals surface area contributed by atoms with Crippen LogP contribution >= 0.6 is 0 Å². The van der Waals surface area contributed by atoms with E-state index in [1.165, 1.54) is 6.08 Å². The zero-order chi connectivity index (χ0) is 22.1. The number of ketones is 1. The van der Waals surface area contributed by atoms with Crippen LogP contribution in [0, 0.1) is 5.41 Å². The van der Waals surface area contributed by atoms with E-state index >= 15 is 0 Å². The number of ether oxygens (including phenoxy) is 3. The van der Waals surface area contributed by atoms with Gasteiger partial charge in [-0.25, -0.2) is 4.79 Å². The molecule has 6 heteroatoms. The summed E-state index contributed by atoms with van der Waals surface area (Å²) in [6.07, 6.45) is 2.67. The van der Waals surface area contributed by atoms with E-state index in [0.717, 1.165) is 17.7 Å². The quantitative estimate of drug-likeness (QED) is 0.563. The zero-order valence-corrected chi connectivity index (χ0v) is 18.3. The summed E-state index contributed by atoms with van der Waals surface area (Å²) in [6, 6.07) is 5.47. The summed E-state index contributed by atoms with van der Waals surface area (Å²) in [5.74, 6) is 0.147. The molecule has 2 aliphatic rings. The molecule has 0 fully saturated rings. The molecule has 1 unspecified atom stereocenters. The maximum atomic E-state index is 13.2. The van der Waals surface area contributed by atoms with Gasteiger partial charge in [-0.1, -0.05) is 32.6 Å². The average Bonchev–Trinajstić information content (AvgIpc) is 2.69. The molecule has 3 rings (SSSR count). The monoisotopic (exact) mass is 411 g/mol. The maximum Gasteiger partial charge on any atom is 0.337 e. The van der Waals surface area contributed by atoms with Gasteiger partial charge in [0.15, 0.2) is 17.3 Å². The molecule has 0 radical (unpaired) electrons. The highest BCUT2D eigenvalue weighted by molar-refractivity contribution is 6.04. The van der Waals surface area contributed by atoms with E-state index in [0.29, 0.717) is 34.8 Å². The van der Waals surface area contributed by atoms with Crippen molar-refractivity contribution in [1.29, 1.82) is 0 Å². The van der Waals surface area contributed by atoms with E-state index in [1.807, 2.05) is 19.1 Å². The Hall–Kier alpha value is -3.02. The van der Waals surface area contributed by atoms with E-state index in [1.54, 1.807) is 20.3 Å². The Kier molecular flexibility index (Phi) is 6.06. The summed E-state index contributed by atoms with van der Waals surface area (Å²) >= 11 is 0.